The fourth-order valence-corrected chi connectivity index (χ4v) is 4.51. The number of carbonyl (C=O) groups excluding carboxylic acids is 1. The Morgan fingerprint density at radius 1 is 1.15 bits per heavy atom. The maximum atomic E-state index is 13.5. The number of aromatic nitrogens is 4. The number of amides is 1. The molecule has 9 heteroatoms. The number of benzene rings is 2. The van der Waals surface area contributed by atoms with Crippen LogP contribution in [0.1, 0.15) is 46.1 Å². The lowest BCUT2D eigenvalue weighted by molar-refractivity contribution is -0.137. The van der Waals surface area contributed by atoms with E-state index in [0.717, 1.165) is 24.1 Å². The lowest BCUT2D eigenvalue weighted by Crippen LogP contribution is -2.31. The summed E-state index contributed by atoms with van der Waals surface area (Å²) in [7, 11) is 0. The Morgan fingerprint density at radius 3 is 2.79 bits per heavy atom. The Balaban J connectivity index is 1.42. The van der Waals surface area contributed by atoms with Crippen molar-refractivity contribution in [2.45, 2.75) is 31.6 Å². The van der Waals surface area contributed by atoms with E-state index in [1.807, 2.05) is 29.0 Å². The summed E-state index contributed by atoms with van der Waals surface area (Å²) in [6, 6.07) is 12.4. The molecular formula is C25H22F3N5O. The quantitative estimate of drug-likeness (QED) is 0.434. The van der Waals surface area contributed by atoms with Crippen LogP contribution in [0.15, 0.2) is 73.4 Å². The van der Waals surface area contributed by atoms with Crippen LogP contribution in [-0.4, -0.2) is 37.1 Å². The summed E-state index contributed by atoms with van der Waals surface area (Å²) in [6.45, 7) is 1.17. The van der Waals surface area contributed by atoms with Crippen LogP contribution >= 0.6 is 0 Å². The van der Waals surface area contributed by atoms with Gasteiger partial charge in [0.2, 0.25) is 0 Å². The first kappa shape index (κ1) is 21.9. The van der Waals surface area contributed by atoms with Gasteiger partial charge in [-0.2, -0.15) is 18.3 Å². The third-order valence-electron chi connectivity index (χ3n) is 6.11. The SMILES string of the molecule is O=C(c1cccc(Cn2ccnc2)c1)N1CCC[C@H]1c1[nH]ncc1-c1cccc(C(F)(F)F)c1. The van der Waals surface area contributed by atoms with Crippen LogP contribution in [0.2, 0.25) is 0 Å². The number of alkyl halides is 3. The van der Waals surface area contributed by atoms with Crippen molar-refractivity contribution in [1.82, 2.24) is 24.6 Å². The van der Waals surface area contributed by atoms with Crippen molar-refractivity contribution in [3.05, 3.63) is 95.8 Å². The van der Waals surface area contributed by atoms with Gasteiger partial charge in [-0.25, -0.2) is 4.98 Å². The summed E-state index contributed by atoms with van der Waals surface area (Å²) in [4.78, 5) is 19.3. The number of hydrogen-bond acceptors (Lipinski definition) is 3. The molecule has 1 amide bonds. The zero-order valence-corrected chi connectivity index (χ0v) is 18.2. The molecule has 0 bridgehead atoms. The summed E-state index contributed by atoms with van der Waals surface area (Å²) >= 11 is 0. The minimum absolute atomic E-state index is 0.112. The third-order valence-corrected chi connectivity index (χ3v) is 6.11. The molecule has 0 saturated carbocycles. The highest BCUT2D eigenvalue weighted by atomic mass is 19.4. The number of nitrogens with zero attached hydrogens (tertiary/aromatic N) is 4. The zero-order valence-electron chi connectivity index (χ0n) is 18.2. The van der Waals surface area contributed by atoms with E-state index < -0.39 is 11.7 Å². The lowest BCUT2D eigenvalue weighted by atomic mass is 9.99. The van der Waals surface area contributed by atoms with Gasteiger partial charge in [-0.3, -0.25) is 9.89 Å². The van der Waals surface area contributed by atoms with Crippen LogP contribution < -0.4 is 0 Å². The van der Waals surface area contributed by atoms with Gasteiger partial charge in [0, 0.05) is 36.6 Å². The smallest absolute Gasteiger partial charge is 0.333 e. The van der Waals surface area contributed by atoms with Crippen molar-refractivity contribution in [2.75, 3.05) is 6.54 Å². The van der Waals surface area contributed by atoms with Crippen molar-refractivity contribution in [3.63, 3.8) is 0 Å². The molecule has 0 spiro atoms. The normalized spacial score (nSPS) is 16.2. The van der Waals surface area contributed by atoms with Crippen LogP contribution in [0, 0.1) is 0 Å². The van der Waals surface area contributed by atoms with Gasteiger partial charge in [0.05, 0.1) is 29.8 Å². The molecule has 1 atom stereocenters. The van der Waals surface area contributed by atoms with Crippen molar-refractivity contribution in [3.8, 4) is 11.1 Å². The first-order valence-corrected chi connectivity index (χ1v) is 11.0. The number of halogens is 3. The number of likely N-dealkylation sites (tertiary alicyclic amines) is 1. The molecule has 5 rings (SSSR count). The minimum atomic E-state index is -4.43. The fourth-order valence-electron chi connectivity index (χ4n) is 4.51. The highest BCUT2D eigenvalue weighted by Gasteiger charge is 2.34. The summed E-state index contributed by atoms with van der Waals surface area (Å²) in [5.74, 6) is -0.112. The van der Waals surface area contributed by atoms with Gasteiger partial charge in [0.1, 0.15) is 0 Å². The summed E-state index contributed by atoms with van der Waals surface area (Å²) in [6.07, 6.45) is 3.88. The third kappa shape index (κ3) is 4.33. The fraction of sp³-hybridized carbons (Fsp3) is 0.240. The maximum Gasteiger partial charge on any atom is 0.416 e. The topological polar surface area (TPSA) is 66.8 Å². The van der Waals surface area contributed by atoms with Gasteiger partial charge < -0.3 is 9.47 Å². The molecule has 1 aliphatic heterocycles. The lowest BCUT2D eigenvalue weighted by Gasteiger charge is -2.25. The number of nitrogens with one attached hydrogen (secondary N) is 1. The van der Waals surface area contributed by atoms with Crippen LogP contribution in [0.3, 0.4) is 0 Å². The molecule has 1 N–H and O–H groups in total. The first-order chi connectivity index (χ1) is 16.4. The number of H-pyrrole nitrogens is 1. The predicted molar refractivity (Wildman–Crippen MR) is 120 cm³/mol. The second-order valence-corrected chi connectivity index (χ2v) is 8.37. The molecular weight excluding hydrogens is 443 g/mol. The van der Waals surface area contributed by atoms with E-state index in [2.05, 4.69) is 15.2 Å². The second kappa shape index (κ2) is 8.81. The number of aromatic amines is 1. The monoisotopic (exact) mass is 465 g/mol. The average molecular weight is 465 g/mol. The molecule has 2 aromatic carbocycles. The minimum Gasteiger partial charge on any atom is -0.333 e. The van der Waals surface area contributed by atoms with Gasteiger partial charge >= 0.3 is 6.18 Å². The van der Waals surface area contributed by atoms with Crippen molar-refractivity contribution in [1.29, 1.82) is 0 Å². The molecule has 4 aromatic rings. The highest BCUT2D eigenvalue weighted by molar-refractivity contribution is 5.95. The van der Waals surface area contributed by atoms with E-state index in [-0.39, 0.29) is 11.9 Å². The van der Waals surface area contributed by atoms with Gasteiger partial charge in [0.25, 0.3) is 5.91 Å². The Morgan fingerprint density at radius 2 is 2.00 bits per heavy atom. The number of imidazole rings is 1. The Kier molecular flexibility index (Phi) is 5.69. The molecule has 174 valence electrons. The summed E-state index contributed by atoms with van der Waals surface area (Å²) < 4.78 is 41.6. The van der Waals surface area contributed by atoms with Crippen LogP contribution in [0.4, 0.5) is 13.2 Å². The van der Waals surface area contributed by atoms with Gasteiger partial charge in [-0.15, -0.1) is 0 Å². The van der Waals surface area contributed by atoms with E-state index in [1.54, 1.807) is 29.6 Å². The summed E-state index contributed by atoms with van der Waals surface area (Å²) in [5.41, 5.74) is 2.48. The predicted octanol–water partition coefficient (Wildman–Crippen LogP) is 5.32. The molecule has 0 radical (unpaired) electrons. The Hall–Kier alpha value is -3.88. The molecule has 2 aromatic heterocycles. The van der Waals surface area contributed by atoms with Gasteiger partial charge in [-0.1, -0.05) is 24.3 Å². The number of carbonyl (C=O) groups is 1. The van der Waals surface area contributed by atoms with Crippen LogP contribution in [0.5, 0.6) is 0 Å². The van der Waals surface area contributed by atoms with E-state index in [9.17, 15) is 18.0 Å². The molecule has 6 nitrogen and oxygen atoms in total. The zero-order chi connectivity index (χ0) is 23.7. The molecule has 34 heavy (non-hydrogen) atoms. The van der Waals surface area contributed by atoms with Crippen molar-refractivity contribution in [2.24, 2.45) is 0 Å². The average Bonchev–Trinajstić information content (AvgIpc) is 3.59. The second-order valence-electron chi connectivity index (χ2n) is 8.37. The molecule has 1 aliphatic rings. The number of hydrogen-bond donors (Lipinski definition) is 1. The van der Waals surface area contributed by atoms with Crippen LogP contribution in [-0.2, 0) is 12.7 Å². The van der Waals surface area contributed by atoms with E-state index in [0.29, 0.717) is 41.9 Å². The first-order valence-electron chi connectivity index (χ1n) is 11.0. The van der Waals surface area contributed by atoms with Crippen molar-refractivity contribution < 1.29 is 18.0 Å². The van der Waals surface area contributed by atoms with Gasteiger partial charge in [0.15, 0.2) is 0 Å². The largest absolute Gasteiger partial charge is 0.416 e. The summed E-state index contributed by atoms with van der Waals surface area (Å²) in [5, 5.41) is 7.05. The van der Waals surface area contributed by atoms with E-state index in [4.69, 9.17) is 0 Å². The number of rotatable bonds is 5. The standard InChI is InChI=1S/C25H22F3N5O/c26-25(27,28)20-7-2-5-18(13-20)21-14-30-31-23(21)22-8-3-10-33(22)24(34)19-6-1-4-17(12-19)15-32-11-9-29-16-32/h1-2,4-7,9,11-14,16,22H,3,8,10,15H2,(H,30,31)/t22-/m0/s1. The molecule has 1 fully saturated rings. The van der Waals surface area contributed by atoms with Crippen LogP contribution in [0.25, 0.3) is 11.1 Å². The molecule has 0 aliphatic carbocycles. The van der Waals surface area contributed by atoms with E-state index >= 15 is 0 Å². The highest BCUT2D eigenvalue weighted by Crippen LogP contribution is 2.39. The van der Waals surface area contributed by atoms with Crippen molar-refractivity contribution >= 4 is 5.91 Å². The Bertz CT molecular complexity index is 1300. The van der Waals surface area contributed by atoms with E-state index in [1.165, 1.54) is 12.3 Å². The van der Waals surface area contributed by atoms with Gasteiger partial charge in [-0.05, 0) is 48.2 Å². The molecule has 0 unspecified atom stereocenters. The molecule has 1 saturated heterocycles. The Labute approximate surface area is 194 Å². The maximum absolute atomic E-state index is 13.5. The molecule has 3 heterocycles.